The van der Waals surface area contributed by atoms with Crippen molar-refractivity contribution >= 4 is 0 Å². The fourth-order valence-electron chi connectivity index (χ4n) is 1.04. The van der Waals surface area contributed by atoms with Gasteiger partial charge in [-0.3, -0.25) is 15.5 Å². The Morgan fingerprint density at radius 3 is 2.25 bits per heavy atom. The molecule has 0 saturated heterocycles. The Labute approximate surface area is 76.5 Å². The maximum absolute atomic E-state index is 3.44. The Kier molecular flexibility index (Phi) is 7.45. The average Bonchev–Trinajstić information content (AvgIpc) is 2.11. The van der Waals surface area contributed by atoms with Gasteiger partial charge in [-0.2, -0.15) is 0 Å². The van der Waals surface area contributed by atoms with E-state index in [1.165, 1.54) is 6.42 Å². The molecule has 0 spiro atoms. The van der Waals surface area contributed by atoms with Gasteiger partial charge in [0.2, 0.25) is 0 Å². The van der Waals surface area contributed by atoms with Crippen molar-refractivity contribution in [3.63, 3.8) is 0 Å². The van der Waals surface area contributed by atoms with Crippen LogP contribution >= 0.6 is 0 Å². The zero-order valence-corrected chi connectivity index (χ0v) is 8.85. The molecule has 0 aromatic rings. The van der Waals surface area contributed by atoms with E-state index >= 15 is 0 Å². The maximum Gasteiger partial charge on any atom is 0.114 e. The third-order valence-electron chi connectivity index (χ3n) is 1.92. The molecule has 0 heterocycles. The lowest BCUT2D eigenvalue weighted by Crippen LogP contribution is -2.53. The molecule has 3 nitrogen and oxygen atoms in total. The van der Waals surface area contributed by atoms with Gasteiger partial charge in [0.1, 0.15) is 6.29 Å². The normalized spacial score (nSPS) is 13.8. The zero-order chi connectivity index (χ0) is 9.40. The Bertz CT molecular complexity index is 95.8. The minimum absolute atomic E-state index is 0.333. The van der Waals surface area contributed by atoms with Crippen molar-refractivity contribution in [2.45, 2.75) is 33.5 Å². The second-order valence-electron chi connectivity index (χ2n) is 2.99. The summed E-state index contributed by atoms with van der Waals surface area (Å²) in [6.45, 7) is 9.62. The topological polar surface area (TPSA) is 27.3 Å². The summed E-state index contributed by atoms with van der Waals surface area (Å²) in [6, 6.07) is 0. The fraction of sp³-hybridized carbons (Fsp3) is 1.00. The lowest BCUT2D eigenvalue weighted by Gasteiger charge is -2.28. The number of hydrogen-bond donors (Lipinski definition) is 2. The molecule has 0 aliphatic carbocycles. The van der Waals surface area contributed by atoms with Crippen molar-refractivity contribution in [1.82, 2.24) is 15.5 Å². The summed E-state index contributed by atoms with van der Waals surface area (Å²) in [5.74, 6) is 0. The van der Waals surface area contributed by atoms with Crippen LogP contribution in [0, 0.1) is 0 Å². The van der Waals surface area contributed by atoms with Gasteiger partial charge in [0.15, 0.2) is 0 Å². The molecular formula is C9H23N3. The SMILES string of the molecule is CCCNC(NCC)N(C)CC. The van der Waals surface area contributed by atoms with Crippen LogP contribution in [-0.2, 0) is 0 Å². The molecule has 12 heavy (non-hydrogen) atoms. The van der Waals surface area contributed by atoms with E-state index in [9.17, 15) is 0 Å². The highest BCUT2D eigenvalue weighted by molar-refractivity contribution is 4.61. The quantitative estimate of drug-likeness (QED) is 0.558. The van der Waals surface area contributed by atoms with Crippen molar-refractivity contribution in [1.29, 1.82) is 0 Å². The Balaban J connectivity index is 3.68. The van der Waals surface area contributed by atoms with E-state index in [2.05, 4.69) is 43.4 Å². The van der Waals surface area contributed by atoms with Crippen LogP contribution in [0.3, 0.4) is 0 Å². The van der Waals surface area contributed by atoms with Crippen molar-refractivity contribution < 1.29 is 0 Å². The molecule has 0 saturated carbocycles. The predicted molar refractivity (Wildman–Crippen MR) is 54.1 cm³/mol. The average molecular weight is 173 g/mol. The highest BCUT2D eigenvalue weighted by Gasteiger charge is 2.08. The molecule has 3 heteroatoms. The monoisotopic (exact) mass is 173 g/mol. The summed E-state index contributed by atoms with van der Waals surface area (Å²) >= 11 is 0. The van der Waals surface area contributed by atoms with Crippen LogP contribution in [0.5, 0.6) is 0 Å². The highest BCUT2D eigenvalue weighted by Crippen LogP contribution is 1.87. The lowest BCUT2D eigenvalue weighted by molar-refractivity contribution is 0.178. The molecule has 0 amide bonds. The van der Waals surface area contributed by atoms with Gasteiger partial charge in [0.05, 0.1) is 0 Å². The first-order chi connectivity index (χ1) is 5.76. The molecule has 0 aromatic carbocycles. The van der Waals surface area contributed by atoms with Crippen molar-refractivity contribution in [2.75, 3.05) is 26.7 Å². The van der Waals surface area contributed by atoms with Gasteiger partial charge >= 0.3 is 0 Å². The van der Waals surface area contributed by atoms with Gasteiger partial charge in [0, 0.05) is 0 Å². The smallest absolute Gasteiger partial charge is 0.114 e. The molecule has 74 valence electrons. The van der Waals surface area contributed by atoms with Gasteiger partial charge in [-0.15, -0.1) is 0 Å². The van der Waals surface area contributed by atoms with Gasteiger partial charge < -0.3 is 0 Å². The summed E-state index contributed by atoms with van der Waals surface area (Å²) in [4.78, 5) is 2.26. The van der Waals surface area contributed by atoms with Gasteiger partial charge in [-0.1, -0.05) is 20.8 Å². The molecule has 1 unspecified atom stereocenters. The largest absolute Gasteiger partial charge is 0.290 e. The second kappa shape index (κ2) is 7.53. The van der Waals surface area contributed by atoms with Crippen LogP contribution in [0.2, 0.25) is 0 Å². The molecular weight excluding hydrogens is 150 g/mol. The summed E-state index contributed by atoms with van der Waals surface area (Å²) in [5, 5.41) is 6.82. The van der Waals surface area contributed by atoms with E-state index in [1.807, 2.05) is 0 Å². The molecule has 0 radical (unpaired) electrons. The van der Waals surface area contributed by atoms with E-state index in [0.717, 1.165) is 19.6 Å². The summed E-state index contributed by atoms with van der Waals surface area (Å²) in [6.07, 6.45) is 1.51. The second-order valence-corrected chi connectivity index (χ2v) is 2.99. The molecule has 0 rings (SSSR count). The van der Waals surface area contributed by atoms with Crippen LogP contribution in [-0.4, -0.2) is 37.9 Å². The Morgan fingerprint density at radius 2 is 1.83 bits per heavy atom. The minimum Gasteiger partial charge on any atom is -0.290 e. The summed E-state index contributed by atoms with van der Waals surface area (Å²) in [7, 11) is 2.12. The van der Waals surface area contributed by atoms with E-state index in [4.69, 9.17) is 0 Å². The van der Waals surface area contributed by atoms with E-state index in [1.54, 1.807) is 0 Å². The lowest BCUT2D eigenvalue weighted by atomic mass is 10.4. The van der Waals surface area contributed by atoms with Crippen LogP contribution < -0.4 is 10.6 Å². The van der Waals surface area contributed by atoms with Gasteiger partial charge in [-0.05, 0) is 33.1 Å². The first-order valence-electron chi connectivity index (χ1n) is 4.93. The predicted octanol–water partition coefficient (Wildman–Crippen LogP) is 0.831. The summed E-state index contributed by atoms with van der Waals surface area (Å²) < 4.78 is 0. The van der Waals surface area contributed by atoms with Crippen molar-refractivity contribution in [3.8, 4) is 0 Å². The van der Waals surface area contributed by atoms with E-state index in [-0.39, 0.29) is 0 Å². The van der Waals surface area contributed by atoms with Crippen molar-refractivity contribution in [2.24, 2.45) is 0 Å². The van der Waals surface area contributed by atoms with Crippen LogP contribution in [0.1, 0.15) is 27.2 Å². The third kappa shape index (κ3) is 4.70. The van der Waals surface area contributed by atoms with Crippen LogP contribution in [0.15, 0.2) is 0 Å². The number of rotatable bonds is 7. The zero-order valence-electron chi connectivity index (χ0n) is 8.85. The van der Waals surface area contributed by atoms with Crippen LogP contribution in [0.4, 0.5) is 0 Å². The highest BCUT2D eigenvalue weighted by atomic mass is 15.4. The van der Waals surface area contributed by atoms with Crippen LogP contribution in [0.25, 0.3) is 0 Å². The molecule has 0 aliphatic rings. The minimum atomic E-state index is 0.333. The third-order valence-corrected chi connectivity index (χ3v) is 1.92. The molecule has 0 aromatic heterocycles. The molecule has 1 atom stereocenters. The Hall–Kier alpha value is -0.120. The van der Waals surface area contributed by atoms with E-state index in [0.29, 0.717) is 6.29 Å². The maximum atomic E-state index is 3.44. The van der Waals surface area contributed by atoms with E-state index < -0.39 is 0 Å². The first kappa shape index (κ1) is 11.9. The summed E-state index contributed by atoms with van der Waals surface area (Å²) in [5.41, 5.74) is 0. The van der Waals surface area contributed by atoms with Gasteiger partial charge in [0.25, 0.3) is 0 Å². The van der Waals surface area contributed by atoms with Crippen molar-refractivity contribution in [3.05, 3.63) is 0 Å². The number of nitrogens with zero attached hydrogens (tertiary/aromatic N) is 1. The number of nitrogens with one attached hydrogen (secondary N) is 2. The number of hydrogen-bond acceptors (Lipinski definition) is 3. The molecule has 0 bridgehead atoms. The molecule has 0 fully saturated rings. The van der Waals surface area contributed by atoms with Gasteiger partial charge in [-0.25, -0.2) is 0 Å². The standard InChI is InChI=1S/C9H23N3/c1-5-8-11-9(10-6-2)12(4)7-3/h9-11H,5-8H2,1-4H3. The fourth-order valence-corrected chi connectivity index (χ4v) is 1.04. The Morgan fingerprint density at radius 1 is 1.17 bits per heavy atom. The first-order valence-corrected chi connectivity index (χ1v) is 4.93. The molecule has 0 aliphatic heterocycles. The molecule has 2 N–H and O–H groups in total.